The van der Waals surface area contributed by atoms with E-state index in [1.54, 1.807) is 20.0 Å². The molecule has 0 saturated carbocycles. The Balaban J connectivity index is 2.92. The van der Waals surface area contributed by atoms with Gasteiger partial charge in [0.15, 0.2) is 0 Å². The van der Waals surface area contributed by atoms with Gasteiger partial charge in [-0.25, -0.2) is 4.98 Å². The number of oxazole rings is 1. The quantitative estimate of drug-likeness (QED) is 0.736. The Morgan fingerprint density at radius 2 is 2.08 bits per heavy atom. The van der Waals surface area contributed by atoms with E-state index in [0.717, 1.165) is 5.76 Å². The average molecular weight is 169 g/mol. The van der Waals surface area contributed by atoms with Gasteiger partial charge in [0.05, 0.1) is 6.20 Å². The van der Waals surface area contributed by atoms with Gasteiger partial charge in [0.1, 0.15) is 11.4 Å². The second kappa shape index (κ2) is 2.90. The molecule has 0 unspecified atom stereocenters. The monoisotopic (exact) mass is 169 g/mol. The van der Waals surface area contributed by atoms with E-state index in [1.807, 2.05) is 13.8 Å². The maximum Gasteiger partial charge on any atom is 0.225 e. The fraction of sp³-hybridized carbons (Fsp3) is 0.667. The molecule has 3 heteroatoms. The van der Waals surface area contributed by atoms with Gasteiger partial charge >= 0.3 is 0 Å². The molecule has 1 N–H and O–H groups in total. The van der Waals surface area contributed by atoms with Crippen LogP contribution in [0.5, 0.6) is 0 Å². The summed E-state index contributed by atoms with van der Waals surface area (Å²) in [6.45, 7) is 7.36. The number of hydrogen-bond acceptors (Lipinski definition) is 3. The Kier molecular flexibility index (Phi) is 2.24. The number of aromatic nitrogens is 1. The van der Waals surface area contributed by atoms with E-state index >= 15 is 0 Å². The zero-order valence-corrected chi connectivity index (χ0v) is 7.96. The molecule has 0 fully saturated rings. The molecule has 0 atom stereocenters. The Hall–Kier alpha value is -0.830. The van der Waals surface area contributed by atoms with Gasteiger partial charge in [-0.2, -0.15) is 0 Å². The summed E-state index contributed by atoms with van der Waals surface area (Å²) in [5, 5.41) is 9.53. The van der Waals surface area contributed by atoms with Crippen molar-refractivity contribution in [3.8, 4) is 0 Å². The van der Waals surface area contributed by atoms with Crippen LogP contribution in [0.15, 0.2) is 10.6 Å². The minimum absolute atomic E-state index is 0.314. The highest BCUT2D eigenvalue weighted by Crippen LogP contribution is 2.22. The zero-order valence-electron chi connectivity index (χ0n) is 7.96. The summed E-state index contributed by atoms with van der Waals surface area (Å²) >= 11 is 0. The van der Waals surface area contributed by atoms with Gasteiger partial charge in [-0.3, -0.25) is 0 Å². The van der Waals surface area contributed by atoms with E-state index in [-0.39, 0.29) is 0 Å². The van der Waals surface area contributed by atoms with Crippen LogP contribution < -0.4 is 0 Å². The molecule has 0 aliphatic rings. The predicted molar refractivity (Wildman–Crippen MR) is 45.8 cm³/mol. The first-order valence-electron chi connectivity index (χ1n) is 4.10. The maximum atomic E-state index is 9.53. The lowest BCUT2D eigenvalue weighted by atomic mass is 10.1. The van der Waals surface area contributed by atoms with Crippen LogP contribution >= 0.6 is 0 Å². The van der Waals surface area contributed by atoms with E-state index in [4.69, 9.17) is 4.42 Å². The molecule has 0 bridgehead atoms. The molecule has 12 heavy (non-hydrogen) atoms. The summed E-state index contributed by atoms with van der Waals surface area (Å²) in [6.07, 6.45) is 1.66. The normalized spacial score (nSPS) is 12.5. The summed E-state index contributed by atoms with van der Waals surface area (Å²) in [5.41, 5.74) is -0.979. The molecule has 1 rings (SSSR count). The van der Waals surface area contributed by atoms with Gasteiger partial charge in [0, 0.05) is 5.92 Å². The summed E-state index contributed by atoms with van der Waals surface area (Å²) in [7, 11) is 0. The molecule has 0 spiro atoms. The van der Waals surface area contributed by atoms with E-state index in [2.05, 4.69) is 4.98 Å². The van der Waals surface area contributed by atoms with Gasteiger partial charge in [0.2, 0.25) is 5.89 Å². The van der Waals surface area contributed by atoms with E-state index < -0.39 is 5.60 Å². The van der Waals surface area contributed by atoms with E-state index in [0.29, 0.717) is 11.8 Å². The topological polar surface area (TPSA) is 46.3 Å². The summed E-state index contributed by atoms with van der Waals surface area (Å²) in [4.78, 5) is 3.99. The molecule has 1 heterocycles. The molecule has 1 aromatic rings. The van der Waals surface area contributed by atoms with Crippen LogP contribution in [0.4, 0.5) is 0 Å². The smallest absolute Gasteiger partial charge is 0.225 e. The first kappa shape index (κ1) is 9.26. The van der Waals surface area contributed by atoms with Crippen molar-refractivity contribution in [2.45, 2.75) is 39.2 Å². The van der Waals surface area contributed by atoms with Crippen LogP contribution in [-0.4, -0.2) is 10.1 Å². The summed E-state index contributed by atoms with van der Waals surface area (Å²) in [6, 6.07) is 0. The minimum Gasteiger partial charge on any atom is -0.442 e. The number of rotatable bonds is 2. The van der Waals surface area contributed by atoms with Gasteiger partial charge in [0.25, 0.3) is 0 Å². The van der Waals surface area contributed by atoms with Crippen LogP contribution in [0.1, 0.15) is 45.3 Å². The van der Waals surface area contributed by atoms with Crippen molar-refractivity contribution in [1.82, 2.24) is 4.98 Å². The van der Waals surface area contributed by atoms with Crippen molar-refractivity contribution in [3.63, 3.8) is 0 Å². The van der Waals surface area contributed by atoms with Crippen LogP contribution in [0.25, 0.3) is 0 Å². The molecule has 0 amide bonds. The number of hydrogen-bond donors (Lipinski definition) is 1. The van der Waals surface area contributed by atoms with Crippen molar-refractivity contribution < 1.29 is 9.52 Å². The molecule has 0 aromatic carbocycles. The maximum absolute atomic E-state index is 9.53. The number of aliphatic hydroxyl groups is 1. The molecular formula is C9H15NO2. The van der Waals surface area contributed by atoms with Crippen LogP contribution in [-0.2, 0) is 5.60 Å². The lowest BCUT2D eigenvalue weighted by Crippen LogP contribution is -2.15. The Morgan fingerprint density at radius 3 is 2.33 bits per heavy atom. The molecular weight excluding hydrogens is 154 g/mol. The highest BCUT2D eigenvalue weighted by Gasteiger charge is 2.22. The largest absolute Gasteiger partial charge is 0.442 e. The van der Waals surface area contributed by atoms with E-state index in [1.165, 1.54) is 0 Å². The second-order valence-corrected chi connectivity index (χ2v) is 3.78. The van der Waals surface area contributed by atoms with Gasteiger partial charge in [-0.05, 0) is 13.8 Å². The van der Waals surface area contributed by atoms with Crippen molar-refractivity contribution in [2.24, 2.45) is 0 Å². The highest BCUT2D eigenvalue weighted by molar-refractivity contribution is 5.02. The average Bonchev–Trinajstić information content (AvgIpc) is 2.30. The van der Waals surface area contributed by atoms with Gasteiger partial charge in [-0.1, -0.05) is 13.8 Å². The lowest BCUT2D eigenvalue weighted by molar-refractivity contribution is 0.0469. The zero-order chi connectivity index (χ0) is 9.35. The third-order valence-electron chi connectivity index (χ3n) is 1.62. The Labute approximate surface area is 72.4 Å². The highest BCUT2D eigenvalue weighted by atomic mass is 16.4. The summed E-state index contributed by atoms with van der Waals surface area (Å²) < 4.78 is 5.35. The van der Waals surface area contributed by atoms with Crippen molar-refractivity contribution in [3.05, 3.63) is 17.8 Å². The predicted octanol–water partition coefficient (Wildman–Crippen LogP) is 2.03. The molecule has 68 valence electrons. The van der Waals surface area contributed by atoms with Gasteiger partial charge < -0.3 is 9.52 Å². The SMILES string of the molecule is CC(C)c1cnc(C(C)(C)O)o1. The molecule has 3 nitrogen and oxygen atoms in total. The van der Waals surface area contributed by atoms with Crippen molar-refractivity contribution in [2.75, 3.05) is 0 Å². The second-order valence-electron chi connectivity index (χ2n) is 3.78. The van der Waals surface area contributed by atoms with E-state index in [9.17, 15) is 5.11 Å². The summed E-state index contributed by atoms with van der Waals surface area (Å²) in [5.74, 6) is 1.51. The van der Waals surface area contributed by atoms with Crippen molar-refractivity contribution >= 4 is 0 Å². The van der Waals surface area contributed by atoms with Crippen LogP contribution in [0.2, 0.25) is 0 Å². The third kappa shape index (κ3) is 1.85. The first-order chi connectivity index (χ1) is 5.41. The third-order valence-corrected chi connectivity index (χ3v) is 1.62. The van der Waals surface area contributed by atoms with Gasteiger partial charge in [-0.15, -0.1) is 0 Å². The minimum atomic E-state index is -0.979. The standard InChI is InChI=1S/C9H15NO2/c1-6(2)7-5-10-8(12-7)9(3,4)11/h5-6,11H,1-4H3. The van der Waals surface area contributed by atoms with Crippen molar-refractivity contribution in [1.29, 1.82) is 0 Å². The number of nitrogens with zero attached hydrogens (tertiary/aromatic N) is 1. The van der Waals surface area contributed by atoms with Crippen LogP contribution in [0.3, 0.4) is 0 Å². The molecule has 0 saturated heterocycles. The lowest BCUT2D eigenvalue weighted by Gasteiger charge is -2.11. The Bertz CT molecular complexity index is 258. The fourth-order valence-corrected chi connectivity index (χ4v) is 0.836. The molecule has 0 aliphatic heterocycles. The molecule has 1 aromatic heterocycles. The fourth-order valence-electron chi connectivity index (χ4n) is 0.836. The van der Waals surface area contributed by atoms with Crippen LogP contribution in [0, 0.1) is 0 Å². The molecule has 0 aliphatic carbocycles. The first-order valence-corrected chi connectivity index (χ1v) is 4.10. The molecule has 0 radical (unpaired) electrons. The Morgan fingerprint density at radius 1 is 1.50 bits per heavy atom.